The fourth-order valence-electron chi connectivity index (χ4n) is 3.26. The van der Waals surface area contributed by atoms with E-state index >= 15 is 0 Å². The number of halogens is 1. The summed E-state index contributed by atoms with van der Waals surface area (Å²) in [5.74, 6) is 0.158. The molecule has 1 aromatic carbocycles. The van der Waals surface area contributed by atoms with Crippen LogP contribution in [0.3, 0.4) is 0 Å². The molecule has 0 unspecified atom stereocenters. The number of benzene rings is 1. The Kier molecular flexibility index (Phi) is 6.52. The van der Waals surface area contributed by atoms with Gasteiger partial charge in [0.1, 0.15) is 17.3 Å². The van der Waals surface area contributed by atoms with Gasteiger partial charge in [-0.1, -0.05) is 43.9 Å². The highest BCUT2D eigenvalue weighted by molar-refractivity contribution is 5.91. The standard InChI is InChI=1S/C20H25FN4O/c21-17-10-6-5-7-15(17)11-12-22-20(26)18-13-24-19(14-23-18)25-16-8-3-1-2-4-9-16/h5-7,10,13-14,16H,1-4,8-9,11-12H2,(H,22,26)(H,24,25). The van der Waals surface area contributed by atoms with Crippen LogP contribution in [0, 0.1) is 5.82 Å². The van der Waals surface area contributed by atoms with Gasteiger partial charge in [-0.05, 0) is 30.9 Å². The monoisotopic (exact) mass is 356 g/mol. The molecule has 1 saturated carbocycles. The molecule has 0 radical (unpaired) electrons. The first-order valence-corrected chi connectivity index (χ1v) is 9.32. The van der Waals surface area contributed by atoms with Gasteiger partial charge in [0.05, 0.1) is 12.4 Å². The molecule has 1 aliphatic rings. The third kappa shape index (κ3) is 5.25. The summed E-state index contributed by atoms with van der Waals surface area (Å²) in [6.07, 6.45) is 10.9. The largest absolute Gasteiger partial charge is 0.366 e. The molecule has 3 rings (SSSR count). The van der Waals surface area contributed by atoms with Crippen molar-refractivity contribution in [3.8, 4) is 0 Å². The molecule has 5 nitrogen and oxygen atoms in total. The van der Waals surface area contributed by atoms with Crippen LogP contribution in [-0.2, 0) is 6.42 Å². The van der Waals surface area contributed by atoms with Gasteiger partial charge in [0.25, 0.3) is 5.91 Å². The molecule has 1 heterocycles. The van der Waals surface area contributed by atoms with Crippen LogP contribution >= 0.6 is 0 Å². The van der Waals surface area contributed by atoms with Crippen molar-refractivity contribution >= 4 is 11.7 Å². The zero-order valence-corrected chi connectivity index (χ0v) is 14.9. The molecule has 26 heavy (non-hydrogen) atoms. The summed E-state index contributed by atoms with van der Waals surface area (Å²) in [7, 11) is 0. The van der Waals surface area contributed by atoms with Crippen LogP contribution in [0.4, 0.5) is 10.2 Å². The summed E-state index contributed by atoms with van der Waals surface area (Å²) in [5, 5.41) is 6.17. The molecule has 0 bridgehead atoms. The van der Waals surface area contributed by atoms with Gasteiger partial charge in [-0.2, -0.15) is 0 Å². The van der Waals surface area contributed by atoms with Gasteiger partial charge in [0, 0.05) is 12.6 Å². The van der Waals surface area contributed by atoms with Crippen LogP contribution in [-0.4, -0.2) is 28.5 Å². The first-order valence-electron chi connectivity index (χ1n) is 9.32. The Balaban J connectivity index is 1.48. The fraction of sp³-hybridized carbons (Fsp3) is 0.450. The maximum absolute atomic E-state index is 13.6. The first-order chi connectivity index (χ1) is 12.7. The van der Waals surface area contributed by atoms with E-state index in [1.807, 2.05) is 0 Å². The molecular formula is C20H25FN4O. The number of carbonyl (C=O) groups is 1. The number of nitrogens with zero attached hydrogens (tertiary/aromatic N) is 2. The van der Waals surface area contributed by atoms with Crippen molar-refractivity contribution in [2.45, 2.75) is 51.0 Å². The van der Waals surface area contributed by atoms with Crippen LogP contribution in [0.5, 0.6) is 0 Å². The van der Waals surface area contributed by atoms with Crippen LogP contribution in [0.2, 0.25) is 0 Å². The van der Waals surface area contributed by atoms with Gasteiger partial charge in [-0.25, -0.2) is 14.4 Å². The van der Waals surface area contributed by atoms with Gasteiger partial charge < -0.3 is 10.6 Å². The number of rotatable bonds is 6. The second kappa shape index (κ2) is 9.27. The van der Waals surface area contributed by atoms with E-state index in [2.05, 4.69) is 20.6 Å². The average molecular weight is 356 g/mol. The SMILES string of the molecule is O=C(NCCc1ccccc1F)c1cnc(NC2CCCCCC2)cn1. The molecule has 138 valence electrons. The third-order valence-electron chi connectivity index (χ3n) is 4.73. The van der Waals surface area contributed by atoms with Gasteiger partial charge >= 0.3 is 0 Å². The van der Waals surface area contributed by atoms with E-state index in [4.69, 9.17) is 0 Å². The Morgan fingerprint density at radius 2 is 1.85 bits per heavy atom. The van der Waals surface area contributed by atoms with Gasteiger partial charge in [-0.3, -0.25) is 4.79 Å². The summed E-state index contributed by atoms with van der Waals surface area (Å²) >= 11 is 0. The Morgan fingerprint density at radius 3 is 2.54 bits per heavy atom. The maximum Gasteiger partial charge on any atom is 0.271 e. The second-order valence-corrected chi connectivity index (χ2v) is 6.72. The highest BCUT2D eigenvalue weighted by atomic mass is 19.1. The number of aromatic nitrogens is 2. The summed E-state index contributed by atoms with van der Waals surface area (Å²) < 4.78 is 13.6. The van der Waals surface area contributed by atoms with Crippen molar-refractivity contribution in [1.29, 1.82) is 0 Å². The zero-order chi connectivity index (χ0) is 18.2. The molecule has 0 spiro atoms. The van der Waals surface area contributed by atoms with E-state index in [1.165, 1.54) is 37.9 Å². The Morgan fingerprint density at radius 1 is 1.08 bits per heavy atom. The van der Waals surface area contributed by atoms with Crippen LogP contribution in [0.25, 0.3) is 0 Å². The number of hydrogen-bond acceptors (Lipinski definition) is 4. The first kappa shape index (κ1) is 18.3. The molecule has 0 saturated heterocycles. The minimum Gasteiger partial charge on any atom is -0.366 e. The lowest BCUT2D eigenvalue weighted by Crippen LogP contribution is -2.27. The molecule has 2 aromatic rings. The van der Waals surface area contributed by atoms with Gasteiger partial charge in [0.2, 0.25) is 0 Å². The van der Waals surface area contributed by atoms with E-state index < -0.39 is 0 Å². The highest BCUT2D eigenvalue weighted by Gasteiger charge is 2.13. The molecule has 1 fully saturated rings. The predicted octanol–water partition coefficient (Wildman–Crippen LogP) is 3.72. The lowest BCUT2D eigenvalue weighted by atomic mass is 10.1. The van der Waals surface area contributed by atoms with Crippen LogP contribution in [0.15, 0.2) is 36.7 Å². The van der Waals surface area contributed by atoms with E-state index in [9.17, 15) is 9.18 Å². The van der Waals surface area contributed by atoms with Gasteiger partial charge in [-0.15, -0.1) is 0 Å². The lowest BCUT2D eigenvalue weighted by Gasteiger charge is -2.16. The minimum atomic E-state index is -0.296. The smallest absolute Gasteiger partial charge is 0.271 e. The molecule has 1 amide bonds. The molecule has 1 aromatic heterocycles. The summed E-state index contributed by atoms with van der Waals surface area (Å²) in [6.45, 7) is 0.351. The third-order valence-corrected chi connectivity index (χ3v) is 4.73. The van der Waals surface area contributed by atoms with E-state index in [1.54, 1.807) is 24.4 Å². The number of carbonyl (C=O) groups excluding carboxylic acids is 1. The quantitative estimate of drug-likeness (QED) is 0.774. The Bertz CT molecular complexity index is 712. The second-order valence-electron chi connectivity index (χ2n) is 6.72. The van der Waals surface area contributed by atoms with Crippen molar-refractivity contribution < 1.29 is 9.18 Å². The van der Waals surface area contributed by atoms with Crippen molar-refractivity contribution in [2.24, 2.45) is 0 Å². The highest BCUT2D eigenvalue weighted by Crippen LogP contribution is 2.20. The number of anilines is 1. The molecule has 2 N–H and O–H groups in total. The maximum atomic E-state index is 13.6. The molecule has 1 aliphatic carbocycles. The number of nitrogens with one attached hydrogen (secondary N) is 2. The van der Waals surface area contributed by atoms with E-state index in [0.29, 0.717) is 30.4 Å². The fourth-order valence-corrected chi connectivity index (χ4v) is 3.26. The summed E-state index contributed by atoms with van der Waals surface area (Å²) in [4.78, 5) is 20.6. The topological polar surface area (TPSA) is 66.9 Å². The van der Waals surface area contributed by atoms with Gasteiger partial charge in [0.15, 0.2) is 0 Å². The normalized spacial score (nSPS) is 15.3. The minimum absolute atomic E-state index is 0.254. The zero-order valence-electron chi connectivity index (χ0n) is 14.9. The molecule has 0 atom stereocenters. The van der Waals surface area contributed by atoms with E-state index in [0.717, 1.165) is 12.8 Å². The lowest BCUT2D eigenvalue weighted by molar-refractivity contribution is 0.0948. The molecular weight excluding hydrogens is 331 g/mol. The average Bonchev–Trinajstić information content (AvgIpc) is 2.92. The Hall–Kier alpha value is -2.50. The predicted molar refractivity (Wildman–Crippen MR) is 99.6 cm³/mol. The summed E-state index contributed by atoms with van der Waals surface area (Å²) in [5.41, 5.74) is 0.854. The van der Waals surface area contributed by atoms with Crippen molar-refractivity contribution in [2.75, 3.05) is 11.9 Å². The Labute approximate surface area is 153 Å². The molecule has 6 heteroatoms. The van der Waals surface area contributed by atoms with Crippen molar-refractivity contribution in [3.05, 3.63) is 53.7 Å². The van der Waals surface area contributed by atoms with Crippen molar-refractivity contribution in [3.63, 3.8) is 0 Å². The molecule has 0 aliphatic heterocycles. The van der Waals surface area contributed by atoms with Crippen LogP contribution < -0.4 is 10.6 Å². The number of hydrogen-bond donors (Lipinski definition) is 2. The van der Waals surface area contributed by atoms with Crippen molar-refractivity contribution in [1.82, 2.24) is 15.3 Å². The summed E-state index contributed by atoms with van der Waals surface area (Å²) in [6, 6.07) is 7.01. The number of amides is 1. The van der Waals surface area contributed by atoms with Crippen LogP contribution in [0.1, 0.15) is 54.6 Å². The van der Waals surface area contributed by atoms with E-state index in [-0.39, 0.29) is 17.4 Å².